The smallest absolute Gasteiger partial charge is 0.264 e. The van der Waals surface area contributed by atoms with Crippen LogP contribution in [-0.2, 0) is 15.4 Å². The van der Waals surface area contributed by atoms with Crippen LogP contribution in [0.15, 0.2) is 59.8 Å². The zero-order valence-corrected chi connectivity index (χ0v) is 17.3. The predicted molar refractivity (Wildman–Crippen MR) is 110 cm³/mol. The number of anilines is 1. The van der Waals surface area contributed by atoms with Crippen LogP contribution in [0.4, 0.5) is 5.95 Å². The zero-order chi connectivity index (χ0) is 19.9. The molecule has 0 unspecified atom stereocenters. The van der Waals surface area contributed by atoms with Crippen molar-refractivity contribution < 1.29 is 8.42 Å². The van der Waals surface area contributed by atoms with E-state index in [1.54, 1.807) is 22.8 Å². The SMILES string of the molecule is CC(C)(C)c1nc2ccc(S(=O)(=O)Nc3nncn3-c3ccccc3)cc2s1. The topological polar surface area (TPSA) is 89.8 Å². The Hall–Kier alpha value is -2.78. The second-order valence-corrected chi connectivity index (χ2v) is 10.1. The molecular formula is C19H19N5O2S2. The Bertz CT molecular complexity index is 1240. The van der Waals surface area contributed by atoms with Crippen molar-refractivity contribution in [3.8, 4) is 5.69 Å². The maximum atomic E-state index is 12.9. The molecule has 144 valence electrons. The van der Waals surface area contributed by atoms with Gasteiger partial charge in [0.1, 0.15) is 6.33 Å². The number of hydrogen-bond acceptors (Lipinski definition) is 6. The lowest BCUT2D eigenvalue weighted by Gasteiger charge is -2.13. The number of sulfonamides is 1. The maximum Gasteiger partial charge on any atom is 0.264 e. The van der Waals surface area contributed by atoms with Gasteiger partial charge in [0.2, 0.25) is 5.95 Å². The minimum Gasteiger partial charge on any atom is -0.267 e. The molecule has 2 aromatic heterocycles. The number of nitrogens with zero attached hydrogens (tertiary/aromatic N) is 4. The van der Waals surface area contributed by atoms with Crippen LogP contribution < -0.4 is 4.72 Å². The van der Waals surface area contributed by atoms with Crippen LogP contribution in [0.2, 0.25) is 0 Å². The first-order valence-electron chi connectivity index (χ1n) is 8.63. The first-order valence-corrected chi connectivity index (χ1v) is 10.9. The molecule has 1 N–H and O–H groups in total. The van der Waals surface area contributed by atoms with Gasteiger partial charge in [0.05, 0.1) is 25.8 Å². The van der Waals surface area contributed by atoms with E-state index in [9.17, 15) is 8.42 Å². The van der Waals surface area contributed by atoms with Crippen molar-refractivity contribution in [3.05, 3.63) is 59.9 Å². The lowest BCUT2D eigenvalue weighted by Crippen LogP contribution is -2.16. The number of nitrogens with one attached hydrogen (secondary N) is 1. The highest BCUT2D eigenvalue weighted by atomic mass is 32.2. The van der Waals surface area contributed by atoms with Gasteiger partial charge in [-0.05, 0) is 30.3 Å². The lowest BCUT2D eigenvalue weighted by atomic mass is 9.98. The summed E-state index contributed by atoms with van der Waals surface area (Å²) in [7, 11) is -3.83. The Labute approximate surface area is 167 Å². The predicted octanol–water partition coefficient (Wildman–Crippen LogP) is 3.98. The monoisotopic (exact) mass is 413 g/mol. The van der Waals surface area contributed by atoms with E-state index in [0.29, 0.717) is 0 Å². The summed E-state index contributed by atoms with van der Waals surface area (Å²) in [5, 5.41) is 8.72. The second kappa shape index (κ2) is 6.68. The van der Waals surface area contributed by atoms with Crippen molar-refractivity contribution >= 4 is 37.5 Å². The van der Waals surface area contributed by atoms with Crippen LogP contribution in [0.25, 0.3) is 15.9 Å². The summed E-state index contributed by atoms with van der Waals surface area (Å²) in [5.41, 5.74) is 1.46. The molecule has 2 aromatic carbocycles. The fourth-order valence-corrected chi connectivity index (χ4v) is 4.81. The van der Waals surface area contributed by atoms with Crippen LogP contribution in [0.1, 0.15) is 25.8 Å². The van der Waals surface area contributed by atoms with Gasteiger partial charge in [0.15, 0.2) is 0 Å². The minimum absolute atomic E-state index is 0.0902. The van der Waals surface area contributed by atoms with Gasteiger partial charge in [0, 0.05) is 5.41 Å². The third kappa shape index (κ3) is 3.50. The number of hydrogen-bond donors (Lipinski definition) is 1. The Morgan fingerprint density at radius 1 is 1.07 bits per heavy atom. The van der Waals surface area contributed by atoms with Crippen LogP contribution in [0, 0.1) is 0 Å². The molecule has 0 aliphatic rings. The van der Waals surface area contributed by atoms with Gasteiger partial charge in [-0.25, -0.2) is 18.1 Å². The first-order chi connectivity index (χ1) is 13.2. The maximum absolute atomic E-state index is 12.9. The summed E-state index contributed by atoms with van der Waals surface area (Å²) in [4.78, 5) is 4.77. The molecule has 0 spiro atoms. The lowest BCUT2D eigenvalue weighted by molar-refractivity contribution is 0.587. The molecule has 0 fully saturated rings. The van der Waals surface area contributed by atoms with Gasteiger partial charge < -0.3 is 0 Å². The van der Waals surface area contributed by atoms with Gasteiger partial charge in [-0.15, -0.1) is 21.5 Å². The highest BCUT2D eigenvalue weighted by molar-refractivity contribution is 7.92. The van der Waals surface area contributed by atoms with E-state index in [2.05, 4.69) is 40.7 Å². The Morgan fingerprint density at radius 2 is 1.82 bits per heavy atom. The van der Waals surface area contributed by atoms with E-state index in [-0.39, 0.29) is 16.3 Å². The fraction of sp³-hybridized carbons (Fsp3) is 0.211. The molecule has 7 nitrogen and oxygen atoms in total. The Kier molecular flexibility index (Phi) is 4.43. The normalized spacial score (nSPS) is 12.4. The van der Waals surface area contributed by atoms with Crippen molar-refractivity contribution in [2.24, 2.45) is 0 Å². The summed E-state index contributed by atoms with van der Waals surface area (Å²) < 4.78 is 30.8. The molecule has 4 rings (SSSR count). The minimum atomic E-state index is -3.83. The molecule has 0 saturated carbocycles. The average Bonchev–Trinajstić information content (AvgIpc) is 3.27. The quantitative estimate of drug-likeness (QED) is 0.547. The van der Waals surface area contributed by atoms with Crippen molar-refractivity contribution in [1.82, 2.24) is 19.7 Å². The Balaban J connectivity index is 1.69. The number of fused-ring (bicyclic) bond motifs is 1. The van der Waals surface area contributed by atoms with Gasteiger partial charge in [-0.2, -0.15) is 0 Å². The number of rotatable bonds is 4. The molecule has 0 aliphatic heterocycles. The summed E-state index contributed by atoms with van der Waals surface area (Å²) in [6, 6.07) is 14.2. The fourth-order valence-electron chi connectivity index (χ4n) is 2.65. The third-order valence-electron chi connectivity index (χ3n) is 4.12. The molecule has 2 heterocycles. The molecule has 0 aliphatic carbocycles. The van der Waals surface area contributed by atoms with Gasteiger partial charge in [0.25, 0.3) is 10.0 Å². The summed E-state index contributed by atoms with van der Waals surface area (Å²) >= 11 is 1.51. The number of aromatic nitrogens is 4. The van der Waals surface area contributed by atoms with Crippen molar-refractivity contribution in [3.63, 3.8) is 0 Å². The largest absolute Gasteiger partial charge is 0.267 e. The van der Waals surface area contributed by atoms with Crippen LogP contribution >= 0.6 is 11.3 Å². The number of thiazole rings is 1. The van der Waals surface area contributed by atoms with Gasteiger partial charge in [-0.3, -0.25) is 4.57 Å². The molecule has 4 aromatic rings. The van der Waals surface area contributed by atoms with E-state index < -0.39 is 10.0 Å². The van der Waals surface area contributed by atoms with Crippen LogP contribution in [0.3, 0.4) is 0 Å². The van der Waals surface area contributed by atoms with Crippen LogP contribution in [-0.4, -0.2) is 28.2 Å². The van der Waals surface area contributed by atoms with E-state index in [1.165, 1.54) is 17.7 Å². The van der Waals surface area contributed by atoms with Crippen molar-refractivity contribution in [2.45, 2.75) is 31.1 Å². The zero-order valence-electron chi connectivity index (χ0n) is 15.6. The van der Waals surface area contributed by atoms with E-state index in [4.69, 9.17) is 0 Å². The van der Waals surface area contributed by atoms with E-state index >= 15 is 0 Å². The summed E-state index contributed by atoms with van der Waals surface area (Å²) in [6.45, 7) is 6.25. The highest BCUT2D eigenvalue weighted by Crippen LogP contribution is 2.32. The second-order valence-electron chi connectivity index (χ2n) is 7.36. The van der Waals surface area contributed by atoms with Crippen molar-refractivity contribution in [1.29, 1.82) is 0 Å². The molecule has 28 heavy (non-hydrogen) atoms. The molecule has 0 radical (unpaired) electrons. The molecule has 0 bridgehead atoms. The third-order valence-corrected chi connectivity index (χ3v) is 6.89. The first kappa shape index (κ1) is 18.6. The number of benzene rings is 2. The highest BCUT2D eigenvalue weighted by Gasteiger charge is 2.22. The van der Waals surface area contributed by atoms with E-state index in [1.807, 2.05) is 30.3 Å². The summed E-state index contributed by atoms with van der Waals surface area (Å²) in [6.07, 6.45) is 1.47. The number of para-hydroxylation sites is 1. The summed E-state index contributed by atoms with van der Waals surface area (Å²) in [5.74, 6) is 0.131. The molecule has 0 saturated heterocycles. The van der Waals surface area contributed by atoms with Gasteiger partial charge in [-0.1, -0.05) is 39.0 Å². The molecular weight excluding hydrogens is 394 g/mol. The molecule has 9 heteroatoms. The molecule has 0 amide bonds. The standard InChI is InChI=1S/C19H19N5O2S2/c1-19(2,3)17-21-15-10-9-14(11-16(15)27-17)28(25,26)23-18-22-20-12-24(18)13-7-5-4-6-8-13/h4-12H,1-3H3,(H,22,23). The molecule has 0 atom stereocenters. The average molecular weight is 414 g/mol. The Morgan fingerprint density at radius 3 is 2.54 bits per heavy atom. The van der Waals surface area contributed by atoms with Gasteiger partial charge >= 0.3 is 0 Å². The van der Waals surface area contributed by atoms with Crippen molar-refractivity contribution in [2.75, 3.05) is 4.72 Å². The van der Waals surface area contributed by atoms with Crippen LogP contribution in [0.5, 0.6) is 0 Å². The van der Waals surface area contributed by atoms with E-state index in [0.717, 1.165) is 20.9 Å².